The number of ether oxygens (including phenoxy) is 2. The van der Waals surface area contributed by atoms with Crippen LogP contribution >= 0.6 is 0 Å². The summed E-state index contributed by atoms with van der Waals surface area (Å²) < 4.78 is 13.3. The number of hydrogen-bond donors (Lipinski definition) is 1. The Morgan fingerprint density at radius 2 is 2.15 bits per heavy atom. The van der Waals surface area contributed by atoms with Gasteiger partial charge in [-0.15, -0.1) is 0 Å². The Hall–Kier alpha value is -2.45. The van der Waals surface area contributed by atoms with E-state index in [0.717, 1.165) is 49.5 Å². The second kappa shape index (κ2) is 6.69. The van der Waals surface area contributed by atoms with E-state index < -0.39 is 5.91 Å². The number of nitrogens with zero attached hydrogens (tertiary/aromatic N) is 4. The quantitative estimate of drug-likeness (QED) is 0.875. The summed E-state index contributed by atoms with van der Waals surface area (Å²) in [6.07, 6.45) is 5.45. The minimum atomic E-state index is -0.498. The van der Waals surface area contributed by atoms with Crippen LogP contribution in [-0.4, -0.2) is 51.4 Å². The van der Waals surface area contributed by atoms with Gasteiger partial charge in [0.2, 0.25) is 0 Å². The van der Waals surface area contributed by atoms with Crippen LogP contribution in [0, 0.1) is 0 Å². The number of rotatable bonds is 4. The number of fused-ring (bicyclic) bond motifs is 1. The molecule has 1 saturated heterocycles. The summed E-state index contributed by atoms with van der Waals surface area (Å²) >= 11 is 0. The van der Waals surface area contributed by atoms with E-state index in [2.05, 4.69) is 15.0 Å². The van der Waals surface area contributed by atoms with Crippen LogP contribution in [-0.2, 0) is 24.4 Å². The van der Waals surface area contributed by atoms with Crippen molar-refractivity contribution in [1.82, 2.24) is 19.7 Å². The smallest absolute Gasteiger partial charge is 0.269 e. The third-order valence-electron chi connectivity index (χ3n) is 5.26. The maximum Gasteiger partial charge on any atom is 0.269 e. The van der Waals surface area contributed by atoms with Crippen molar-refractivity contribution in [2.45, 2.75) is 38.1 Å². The second-order valence-corrected chi connectivity index (χ2v) is 7.02. The van der Waals surface area contributed by atoms with E-state index >= 15 is 0 Å². The van der Waals surface area contributed by atoms with Crippen molar-refractivity contribution in [2.75, 3.05) is 20.2 Å². The molecule has 0 bridgehead atoms. The number of carbonyl (C=O) groups is 1. The normalized spacial score (nSPS) is 19.3. The Morgan fingerprint density at radius 3 is 2.88 bits per heavy atom. The van der Waals surface area contributed by atoms with E-state index in [0.29, 0.717) is 18.8 Å². The van der Waals surface area contributed by atoms with Crippen molar-refractivity contribution < 1.29 is 14.3 Å². The summed E-state index contributed by atoms with van der Waals surface area (Å²) in [5.74, 6) is 0.283. The average molecular weight is 357 g/mol. The third kappa shape index (κ3) is 3.30. The van der Waals surface area contributed by atoms with E-state index in [1.54, 1.807) is 19.4 Å². The van der Waals surface area contributed by atoms with Crippen LogP contribution in [0.2, 0.25) is 0 Å². The first kappa shape index (κ1) is 17.0. The molecule has 2 aliphatic rings. The molecule has 8 heteroatoms. The minimum Gasteiger partial charge on any atom is -0.495 e. The molecule has 0 aliphatic carbocycles. The van der Waals surface area contributed by atoms with Gasteiger partial charge in [0.15, 0.2) is 0 Å². The fourth-order valence-corrected chi connectivity index (χ4v) is 3.72. The van der Waals surface area contributed by atoms with Crippen LogP contribution < -0.4 is 10.5 Å². The highest BCUT2D eigenvalue weighted by Crippen LogP contribution is 2.33. The monoisotopic (exact) mass is 357 g/mol. The maximum absolute atomic E-state index is 11.3. The van der Waals surface area contributed by atoms with Crippen LogP contribution in [0.4, 0.5) is 0 Å². The fraction of sp³-hybridized carbons (Fsp3) is 0.500. The number of piperidine rings is 1. The summed E-state index contributed by atoms with van der Waals surface area (Å²) in [5.41, 5.74) is 7.48. The molecular weight excluding hydrogens is 334 g/mol. The Morgan fingerprint density at radius 1 is 1.35 bits per heavy atom. The molecular formula is C18H23N5O3. The number of primary amides is 1. The van der Waals surface area contributed by atoms with Crippen LogP contribution in [0.5, 0.6) is 5.75 Å². The molecule has 0 radical (unpaired) electrons. The number of carbonyl (C=O) groups excluding carboxylic acids is 1. The molecule has 2 aromatic rings. The Labute approximate surface area is 151 Å². The van der Waals surface area contributed by atoms with Gasteiger partial charge in [-0.3, -0.25) is 19.4 Å². The van der Waals surface area contributed by atoms with Crippen molar-refractivity contribution in [3.63, 3.8) is 0 Å². The first-order valence-electron chi connectivity index (χ1n) is 8.78. The van der Waals surface area contributed by atoms with E-state index in [1.165, 1.54) is 0 Å². The first-order valence-corrected chi connectivity index (χ1v) is 8.78. The minimum absolute atomic E-state index is 0.211. The molecule has 0 saturated carbocycles. The molecule has 0 atom stereocenters. The molecule has 2 aromatic heterocycles. The highest BCUT2D eigenvalue weighted by molar-refractivity contribution is 5.90. The van der Waals surface area contributed by atoms with Gasteiger partial charge in [0.05, 0.1) is 37.8 Å². The zero-order valence-electron chi connectivity index (χ0n) is 14.9. The van der Waals surface area contributed by atoms with Gasteiger partial charge in [0.25, 0.3) is 5.91 Å². The van der Waals surface area contributed by atoms with Gasteiger partial charge in [-0.1, -0.05) is 0 Å². The second-order valence-electron chi connectivity index (χ2n) is 7.02. The molecule has 2 aliphatic heterocycles. The van der Waals surface area contributed by atoms with Crippen LogP contribution in [0.1, 0.15) is 34.6 Å². The number of methoxy groups -OCH3 is 1. The summed E-state index contributed by atoms with van der Waals surface area (Å²) in [7, 11) is 1.65. The Balaban J connectivity index is 1.39. The van der Waals surface area contributed by atoms with Crippen LogP contribution in [0.3, 0.4) is 0 Å². The van der Waals surface area contributed by atoms with Crippen LogP contribution in [0.15, 0.2) is 24.5 Å². The molecule has 0 unspecified atom stereocenters. The predicted octanol–water partition coefficient (Wildman–Crippen LogP) is 0.951. The molecule has 8 nitrogen and oxygen atoms in total. The van der Waals surface area contributed by atoms with Gasteiger partial charge in [-0.25, -0.2) is 0 Å². The lowest BCUT2D eigenvalue weighted by molar-refractivity contribution is -0.124. The highest BCUT2D eigenvalue weighted by atomic mass is 16.5. The van der Waals surface area contributed by atoms with Gasteiger partial charge >= 0.3 is 0 Å². The van der Waals surface area contributed by atoms with Gasteiger partial charge in [-0.2, -0.15) is 5.10 Å². The van der Waals surface area contributed by atoms with Crippen molar-refractivity contribution in [1.29, 1.82) is 0 Å². The van der Waals surface area contributed by atoms with E-state index in [4.69, 9.17) is 15.2 Å². The molecule has 0 aromatic carbocycles. The number of amides is 1. The maximum atomic E-state index is 11.3. The molecule has 26 heavy (non-hydrogen) atoms. The number of likely N-dealkylation sites (tertiary alicyclic amines) is 1. The van der Waals surface area contributed by atoms with Gasteiger partial charge in [0.1, 0.15) is 11.4 Å². The molecule has 4 heterocycles. The first-order chi connectivity index (χ1) is 12.6. The molecule has 1 amide bonds. The van der Waals surface area contributed by atoms with Gasteiger partial charge in [-0.05, 0) is 30.5 Å². The molecule has 4 rings (SSSR count). The number of pyridine rings is 1. The average Bonchev–Trinajstić information content (AvgIpc) is 3.07. The molecule has 1 spiro atoms. The van der Waals surface area contributed by atoms with Crippen molar-refractivity contribution >= 4 is 5.91 Å². The zero-order chi connectivity index (χ0) is 18.1. The SMILES string of the molecule is COc1cncc(CN2CCC3(CC2)Cn2nc(C(N)=O)cc2CO3)c1. The zero-order valence-corrected chi connectivity index (χ0v) is 14.9. The van der Waals surface area contributed by atoms with Crippen LogP contribution in [0.25, 0.3) is 0 Å². The molecule has 1 fully saturated rings. The Bertz CT molecular complexity index is 811. The Kier molecular flexibility index (Phi) is 4.37. The topological polar surface area (TPSA) is 95.5 Å². The van der Waals surface area contributed by atoms with E-state index in [1.807, 2.05) is 16.9 Å². The largest absolute Gasteiger partial charge is 0.495 e. The van der Waals surface area contributed by atoms with E-state index in [-0.39, 0.29) is 5.60 Å². The van der Waals surface area contributed by atoms with Crippen molar-refractivity contribution in [2.24, 2.45) is 5.73 Å². The summed E-state index contributed by atoms with van der Waals surface area (Å²) in [5, 5.41) is 4.33. The van der Waals surface area contributed by atoms with Gasteiger partial charge in [0, 0.05) is 25.8 Å². The van der Waals surface area contributed by atoms with Crippen molar-refractivity contribution in [3.05, 3.63) is 41.5 Å². The summed E-state index contributed by atoms with van der Waals surface area (Å²) in [6, 6.07) is 3.75. The number of nitrogens with two attached hydrogens (primary N) is 1. The highest BCUT2D eigenvalue weighted by Gasteiger charge is 2.39. The molecule has 2 N–H and O–H groups in total. The van der Waals surface area contributed by atoms with E-state index in [9.17, 15) is 4.79 Å². The lowest BCUT2D eigenvalue weighted by Gasteiger charge is -2.43. The predicted molar refractivity (Wildman–Crippen MR) is 93.6 cm³/mol. The third-order valence-corrected chi connectivity index (χ3v) is 5.26. The van der Waals surface area contributed by atoms with Crippen molar-refractivity contribution in [3.8, 4) is 5.75 Å². The summed E-state index contributed by atoms with van der Waals surface area (Å²) in [6.45, 7) is 3.87. The number of aromatic nitrogens is 3. The molecule has 138 valence electrons. The lowest BCUT2D eigenvalue weighted by Crippen LogP contribution is -2.50. The summed E-state index contributed by atoms with van der Waals surface area (Å²) in [4.78, 5) is 18.0. The fourth-order valence-electron chi connectivity index (χ4n) is 3.72. The standard InChI is InChI=1S/C18H23N5O3/c1-25-15-6-13(8-20-9-15)10-22-4-2-18(3-5-22)12-23-14(11-26-18)7-16(21-23)17(19)24/h6-9H,2-5,10-12H2,1H3,(H2,19,24). The number of hydrogen-bond acceptors (Lipinski definition) is 6. The lowest BCUT2D eigenvalue weighted by atomic mass is 9.90. The van der Waals surface area contributed by atoms with Gasteiger partial charge < -0.3 is 15.2 Å².